The van der Waals surface area contributed by atoms with Crippen molar-refractivity contribution in [1.82, 2.24) is 0 Å². The Morgan fingerprint density at radius 3 is 0.638 bits per heavy atom. The molecule has 0 spiro atoms. The lowest BCUT2D eigenvalue weighted by Crippen LogP contribution is -1.93. The first kappa shape index (κ1) is 68.9. The van der Waals surface area contributed by atoms with Gasteiger partial charge in [-0.05, 0) is 311 Å². The van der Waals surface area contributed by atoms with Crippen LogP contribution < -0.4 is 0 Å². The van der Waals surface area contributed by atoms with Crippen LogP contribution in [0.15, 0.2) is 461 Å². The molecule has 0 aromatic heterocycles. The van der Waals surface area contributed by atoms with Crippen LogP contribution in [0.25, 0.3) is 220 Å². The average Bonchev–Trinajstić information content (AvgIpc) is 0.707. The fourth-order valence-electron chi connectivity index (χ4n) is 17.6. The molecule has 116 heavy (non-hydrogen) atoms. The SMILES string of the molecule is c1ccc(-c2cc(-c3cc(-c4ccccc4)c4cc(-c5ccc6ccccc6c5)cc(-c5ccccc5)c4c3)cc3c(-c4ccccc4)cc(-c4cccc(-c5ccc6ccccc6c5)c4)cc23)cc1.c1ccc2cc(-c3ccc(-c4ccc(-c5ccc6cc(-c7ccc8ccccc8c7)ccc6c5)c5ccccc45)cc3)ccc2c1. The third-order valence-electron chi connectivity index (χ3n) is 23.6. The summed E-state index contributed by atoms with van der Waals surface area (Å²) in [7, 11) is 0. The molecule has 0 aliphatic heterocycles. The van der Waals surface area contributed by atoms with Crippen LogP contribution >= 0.6 is 0 Å². The van der Waals surface area contributed by atoms with Gasteiger partial charge in [0, 0.05) is 0 Å². The van der Waals surface area contributed by atoms with E-state index in [1.54, 1.807) is 0 Å². The number of benzene rings is 22. The van der Waals surface area contributed by atoms with Crippen LogP contribution in [0.2, 0.25) is 0 Å². The van der Waals surface area contributed by atoms with Crippen molar-refractivity contribution in [3.05, 3.63) is 461 Å². The summed E-state index contributed by atoms with van der Waals surface area (Å²) in [4.78, 5) is 0. The Morgan fingerprint density at radius 1 is 0.0776 bits per heavy atom. The molecule has 0 N–H and O–H groups in total. The highest BCUT2D eigenvalue weighted by atomic mass is 14.2. The standard InChI is InChI=1S/C70H46.C46H30/c1-5-20-49(21-6-1)63-39-59(56-31-17-30-55(38-56)57-34-32-47-18-13-15-28-53(47)36-57)43-67-65(51-24-9-3-10-25-51)41-61(45-69(63)67)62-42-66(52-26-11-4-12-27-52)68-44-60(58-35-33-48-19-14-16-29-54(48)37-58)40-64(70(68)46-62)50-22-7-2-8-23-50;1-3-9-35-27-37(19-15-31(35)7-1)33-13-17-34(18-14-33)43-25-26-44(46-12-6-5-11-45(43)46)42-24-23-40-29-39(21-22-41(40)30-42)38-20-16-32-8-2-4-10-36(32)28-38/h1-46H;1-30H. The van der Waals surface area contributed by atoms with Crippen LogP contribution in [0.1, 0.15) is 0 Å². The minimum Gasteiger partial charge on any atom is -0.0622 e. The van der Waals surface area contributed by atoms with Crippen molar-refractivity contribution in [2.75, 3.05) is 0 Å². The van der Waals surface area contributed by atoms with Crippen molar-refractivity contribution in [2.45, 2.75) is 0 Å². The van der Waals surface area contributed by atoms with Gasteiger partial charge in [0.1, 0.15) is 0 Å². The van der Waals surface area contributed by atoms with Gasteiger partial charge in [0.05, 0.1) is 0 Å². The molecule has 22 aromatic rings. The van der Waals surface area contributed by atoms with Gasteiger partial charge < -0.3 is 0 Å². The quantitative estimate of drug-likeness (QED) is 0.114. The molecule has 0 nitrogen and oxygen atoms in total. The molecule has 0 aliphatic rings. The van der Waals surface area contributed by atoms with Gasteiger partial charge >= 0.3 is 0 Å². The Labute approximate surface area is 676 Å². The molecule has 0 radical (unpaired) electrons. The smallest absolute Gasteiger partial charge is 0.00926 e. The fourth-order valence-corrected chi connectivity index (χ4v) is 17.6. The zero-order valence-corrected chi connectivity index (χ0v) is 63.9. The van der Waals surface area contributed by atoms with Gasteiger partial charge in [-0.15, -0.1) is 0 Å². The normalized spacial score (nSPS) is 11.4. The monoisotopic (exact) mass is 1470 g/mol. The van der Waals surface area contributed by atoms with Crippen LogP contribution in [-0.2, 0) is 0 Å². The summed E-state index contributed by atoms with van der Waals surface area (Å²) in [5.41, 5.74) is 29.1. The summed E-state index contributed by atoms with van der Waals surface area (Å²) in [6.45, 7) is 0. The molecule has 0 amide bonds. The molecule has 0 heterocycles. The van der Waals surface area contributed by atoms with E-state index >= 15 is 0 Å². The van der Waals surface area contributed by atoms with Crippen molar-refractivity contribution >= 4 is 86.2 Å². The number of rotatable bonds is 12. The van der Waals surface area contributed by atoms with Crippen molar-refractivity contribution in [3.63, 3.8) is 0 Å². The van der Waals surface area contributed by atoms with Crippen molar-refractivity contribution in [2.24, 2.45) is 0 Å². The number of hydrogen-bond acceptors (Lipinski definition) is 0. The van der Waals surface area contributed by atoms with E-state index in [1.165, 1.54) is 220 Å². The van der Waals surface area contributed by atoms with E-state index in [-0.39, 0.29) is 0 Å². The minimum absolute atomic E-state index is 1.17. The van der Waals surface area contributed by atoms with Gasteiger partial charge in [0.2, 0.25) is 0 Å². The van der Waals surface area contributed by atoms with E-state index in [0.29, 0.717) is 0 Å². The van der Waals surface area contributed by atoms with Crippen molar-refractivity contribution < 1.29 is 0 Å². The second-order valence-corrected chi connectivity index (χ2v) is 30.6. The average molecular weight is 1470 g/mol. The number of fused-ring (bicyclic) bond motifs is 8. The molecule has 0 heteroatoms. The fraction of sp³-hybridized carbons (Fsp3) is 0. The molecule has 540 valence electrons. The summed E-state index contributed by atoms with van der Waals surface area (Å²) >= 11 is 0. The molecular weight excluding hydrogens is 1390 g/mol. The molecule has 0 bridgehead atoms. The largest absolute Gasteiger partial charge is 0.0622 e. The van der Waals surface area contributed by atoms with Gasteiger partial charge in [0.25, 0.3) is 0 Å². The van der Waals surface area contributed by atoms with Gasteiger partial charge in [-0.3, -0.25) is 0 Å². The zero-order chi connectivity index (χ0) is 76.8. The predicted molar refractivity (Wildman–Crippen MR) is 498 cm³/mol. The van der Waals surface area contributed by atoms with Gasteiger partial charge in [-0.1, -0.05) is 370 Å². The topological polar surface area (TPSA) is 0 Å². The third kappa shape index (κ3) is 13.3. The van der Waals surface area contributed by atoms with E-state index in [4.69, 9.17) is 0 Å². The Hall–Kier alpha value is -15.1. The molecular formula is C116H76. The molecule has 22 rings (SSSR count). The lowest BCUT2D eigenvalue weighted by atomic mass is 9.84. The zero-order valence-electron chi connectivity index (χ0n) is 63.9. The molecule has 0 unspecified atom stereocenters. The van der Waals surface area contributed by atoms with E-state index in [0.717, 1.165) is 0 Å². The summed E-state index contributed by atoms with van der Waals surface area (Å²) in [5.74, 6) is 0. The van der Waals surface area contributed by atoms with Gasteiger partial charge in [0.15, 0.2) is 0 Å². The van der Waals surface area contributed by atoms with Crippen LogP contribution in [0, 0.1) is 0 Å². The molecule has 0 atom stereocenters. The predicted octanol–water partition coefficient (Wildman–Crippen LogP) is 32.6. The summed E-state index contributed by atoms with van der Waals surface area (Å²) in [5, 5.41) is 20.0. The van der Waals surface area contributed by atoms with Crippen LogP contribution in [0.5, 0.6) is 0 Å². The van der Waals surface area contributed by atoms with E-state index in [9.17, 15) is 0 Å². The maximum Gasteiger partial charge on any atom is -0.00926 e. The van der Waals surface area contributed by atoms with E-state index < -0.39 is 0 Å². The molecule has 0 fully saturated rings. The molecule has 0 saturated carbocycles. The molecule has 0 aliphatic carbocycles. The van der Waals surface area contributed by atoms with E-state index in [1.807, 2.05) is 0 Å². The summed E-state index contributed by atoms with van der Waals surface area (Å²) < 4.78 is 0. The third-order valence-corrected chi connectivity index (χ3v) is 23.6. The lowest BCUT2D eigenvalue weighted by molar-refractivity contribution is 1.58. The Bertz CT molecular complexity index is 7520. The van der Waals surface area contributed by atoms with Crippen LogP contribution in [0.4, 0.5) is 0 Å². The van der Waals surface area contributed by atoms with Gasteiger partial charge in [-0.25, -0.2) is 0 Å². The first-order chi connectivity index (χ1) is 57.4. The molecule has 0 saturated heterocycles. The summed E-state index contributed by atoms with van der Waals surface area (Å²) in [6, 6.07) is 170. The Balaban J connectivity index is 0.000000158. The highest BCUT2D eigenvalue weighted by molar-refractivity contribution is 6.14. The molecule has 22 aromatic carbocycles. The second kappa shape index (κ2) is 29.9. The van der Waals surface area contributed by atoms with Crippen LogP contribution in [0.3, 0.4) is 0 Å². The number of hydrogen-bond donors (Lipinski definition) is 0. The maximum atomic E-state index is 2.45. The van der Waals surface area contributed by atoms with Crippen molar-refractivity contribution in [3.8, 4) is 134 Å². The second-order valence-electron chi connectivity index (χ2n) is 30.6. The Morgan fingerprint density at radius 2 is 0.284 bits per heavy atom. The lowest BCUT2D eigenvalue weighted by Gasteiger charge is -2.20. The highest BCUT2D eigenvalue weighted by Gasteiger charge is 2.21. The maximum absolute atomic E-state index is 2.45. The van der Waals surface area contributed by atoms with E-state index in [2.05, 4.69) is 461 Å². The summed E-state index contributed by atoms with van der Waals surface area (Å²) in [6.07, 6.45) is 0. The van der Waals surface area contributed by atoms with Crippen molar-refractivity contribution in [1.29, 1.82) is 0 Å². The Kier molecular flexibility index (Phi) is 17.7. The minimum atomic E-state index is 1.17. The highest BCUT2D eigenvalue weighted by Crippen LogP contribution is 2.48. The first-order valence-electron chi connectivity index (χ1n) is 40.1. The van der Waals surface area contributed by atoms with Crippen LogP contribution in [-0.4, -0.2) is 0 Å². The van der Waals surface area contributed by atoms with Gasteiger partial charge in [-0.2, -0.15) is 0 Å². The first-order valence-corrected chi connectivity index (χ1v) is 40.1.